The van der Waals surface area contributed by atoms with Crippen LogP contribution in [-0.2, 0) is 17.8 Å². The maximum atomic E-state index is 10.6. The maximum absolute atomic E-state index is 10.6. The molecule has 17 heavy (non-hydrogen) atoms. The molecule has 0 aromatic carbocycles. The molecule has 0 spiro atoms. The van der Waals surface area contributed by atoms with Crippen molar-refractivity contribution in [3.05, 3.63) is 21.9 Å². The summed E-state index contributed by atoms with van der Waals surface area (Å²) in [5, 5.41) is 12.3. The SMILES string of the molecule is O=C(O)Cc1ccc(CNC2CCSCC2)s1. The third-order valence-electron chi connectivity index (χ3n) is 2.83. The lowest BCUT2D eigenvalue weighted by Gasteiger charge is -2.22. The minimum absolute atomic E-state index is 0.144. The van der Waals surface area contributed by atoms with Crippen LogP contribution in [0.1, 0.15) is 22.6 Å². The highest BCUT2D eigenvalue weighted by molar-refractivity contribution is 7.99. The van der Waals surface area contributed by atoms with E-state index in [1.54, 1.807) is 11.3 Å². The second-order valence-corrected chi connectivity index (χ2v) is 6.68. The summed E-state index contributed by atoms with van der Waals surface area (Å²) >= 11 is 3.63. The Morgan fingerprint density at radius 1 is 1.35 bits per heavy atom. The summed E-state index contributed by atoms with van der Waals surface area (Å²) in [6.07, 6.45) is 2.64. The monoisotopic (exact) mass is 271 g/mol. The topological polar surface area (TPSA) is 49.3 Å². The van der Waals surface area contributed by atoms with Gasteiger partial charge in [-0.05, 0) is 36.5 Å². The smallest absolute Gasteiger partial charge is 0.308 e. The van der Waals surface area contributed by atoms with Gasteiger partial charge in [0.05, 0.1) is 6.42 Å². The number of thiophene rings is 1. The zero-order valence-electron chi connectivity index (χ0n) is 9.65. The van der Waals surface area contributed by atoms with Gasteiger partial charge < -0.3 is 10.4 Å². The Hall–Kier alpha value is -0.520. The molecule has 0 amide bonds. The van der Waals surface area contributed by atoms with Crippen LogP contribution in [0.4, 0.5) is 0 Å². The van der Waals surface area contributed by atoms with Crippen molar-refractivity contribution in [1.82, 2.24) is 5.32 Å². The molecule has 1 saturated heterocycles. The molecule has 0 unspecified atom stereocenters. The second kappa shape index (κ2) is 6.42. The summed E-state index contributed by atoms with van der Waals surface area (Å²) in [4.78, 5) is 12.7. The van der Waals surface area contributed by atoms with Gasteiger partial charge in [-0.1, -0.05) is 0 Å². The van der Waals surface area contributed by atoms with Gasteiger partial charge in [-0.15, -0.1) is 11.3 Å². The van der Waals surface area contributed by atoms with Crippen LogP contribution in [-0.4, -0.2) is 28.6 Å². The first-order valence-corrected chi connectivity index (χ1v) is 7.81. The molecular weight excluding hydrogens is 254 g/mol. The molecule has 3 nitrogen and oxygen atoms in total. The van der Waals surface area contributed by atoms with Gasteiger partial charge in [0.2, 0.25) is 0 Å². The first kappa shape index (κ1) is 12.9. The third-order valence-corrected chi connectivity index (χ3v) is 4.96. The van der Waals surface area contributed by atoms with Crippen molar-refractivity contribution in [3.8, 4) is 0 Å². The van der Waals surface area contributed by atoms with Gasteiger partial charge in [0.1, 0.15) is 0 Å². The fraction of sp³-hybridized carbons (Fsp3) is 0.583. The number of carbonyl (C=O) groups is 1. The first-order chi connectivity index (χ1) is 8.24. The van der Waals surface area contributed by atoms with E-state index in [-0.39, 0.29) is 6.42 Å². The quantitative estimate of drug-likeness (QED) is 0.863. The standard InChI is InChI=1S/C12H17NO2S2/c14-12(15)7-10-1-2-11(17-10)8-13-9-3-5-16-6-4-9/h1-2,9,13H,3-8H2,(H,14,15). The van der Waals surface area contributed by atoms with E-state index in [0.717, 1.165) is 11.4 Å². The van der Waals surface area contributed by atoms with Gasteiger partial charge in [0, 0.05) is 22.3 Å². The van der Waals surface area contributed by atoms with Crippen LogP contribution >= 0.6 is 23.1 Å². The Kier molecular flexibility index (Phi) is 4.88. The highest BCUT2D eigenvalue weighted by atomic mass is 32.2. The Morgan fingerprint density at radius 3 is 2.76 bits per heavy atom. The molecule has 1 aromatic rings. The molecular formula is C12H17NO2S2. The summed E-state index contributed by atoms with van der Waals surface area (Å²) in [7, 11) is 0. The van der Waals surface area contributed by atoms with Crippen LogP contribution in [0.25, 0.3) is 0 Å². The van der Waals surface area contributed by atoms with Crippen molar-refractivity contribution in [2.75, 3.05) is 11.5 Å². The summed E-state index contributed by atoms with van der Waals surface area (Å²) in [5.74, 6) is 1.76. The predicted molar refractivity (Wildman–Crippen MR) is 72.8 cm³/mol. The molecule has 1 fully saturated rings. The maximum Gasteiger partial charge on any atom is 0.308 e. The average Bonchev–Trinajstić information content (AvgIpc) is 2.75. The number of hydrogen-bond donors (Lipinski definition) is 2. The molecule has 0 aliphatic carbocycles. The predicted octanol–water partition coefficient (Wildman–Crippen LogP) is 2.36. The highest BCUT2D eigenvalue weighted by Crippen LogP contribution is 2.20. The van der Waals surface area contributed by atoms with E-state index >= 15 is 0 Å². The van der Waals surface area contributed by atoms with Crippen molar-refractivity contribution in [2.24, 2.45) is 0 Å². The Bertz CT molecular complexity index is 372. The summed E-state index contributed by atoms with van der Waals surface area (Å²) < 4.78 is 0. The first-order valence-electron chi connectivity index (χ1n) is 5.84. The Balaban J connectivity index is 1.78. The fourth-order valence-corrected chi connectivity index (χ4v) is 3.97. The van der Waals surface area contributed by atoms with E-state index in [1.165, 1.54) is 29.2 Å². The van der Waals surface area contributed by atoms with Crippen LogP contribution in [0.5, 0.6) is 0 Å². The Morgan fingerprint density at radius 2 is 2.06 bits per heavy atom. The van der Waals surface area contributed by atoms with Crippen LogP contribution in [0.2, 0.25) is 0 Å². The number of aliphatic carboxylic acids is 1. The van der Waals surface area contributed by atoms with E-state index in [0.29, 0.717) is 6.04 Å². The molecule has 2 rings (SSSR count). The van der Waals surface area contributed by atoms with Crippen molar-refractivity contribution >= 4 is 29.1 Å². The largest absolute Gasteiger partial charge is 0.481 e. The lowest BCUT2D eigenvalue weighted by Crippen LogP contribution is -2.31. The van der Waals surface area contributed by atoms with E-state index in [9.17, 15) is 4.79 Å². The molecule has 2 N–H and O–H groups in total. The van der Waals surface area contributed by atoms with Crippen molar-refractivity contribution in [1.29, 1.82) is 0 Å². The molecule has 0 saturated carbocycles. The van der Waals surface area contributed by atoms with Gasteiger partial charge in [-0.2, -0.15) is 11.8 Å². The lowest BCUT2D eigenvalue weighted by atomic mass is 10.1. The molecule has 1 aliphatic rings. The van der Waals surface area contributed by atoms with Crippen LogP contribution in [0.15, 0.2) is 12.1 Å². The number of thioether (sulfide) groups is 1. The fourth-order valence-electron chi connectivity index (χ4n) is 1.91. The van der Waals surface area contributed by atoms with Gasteiger partial charge in [-0.25, -0.2) is 0 Å². The molecule has 0 radical (unpaired) electrons. The normalized spacial score (nSPS) is 17.2. The molecule has 1 aliphatic heterocycles. The second-order valence-electron chi connectivity index (χ2n) is 4.21. The van der Waals surface area contributed by atoms with E-state index in [1.807, 2.05) is 23.9 Å². The minimum atomic E-state index is -0.754. The lowest BCUT2D eigenvalue weighted by molar-refractivity contribution is -0.136. The number of carboxylic acids is 1. The zero-order chi connectivity index (χ0) is 12.1. The van der Waals surface area contributed by atoms with E-state index < -0.39 is 5.97 Å². The molecule has 0 bridgehead atoms. The van der Waals surface area contributed by atoms with Crippen LogP contribution < -0.4 is 5.32 Å². The molecule has 1 aromatic heterocycles. The summed E-state index contributed by atoms with van der Waals surface area (Å²) in [6.45, 7) is 0.875. The van der Waals surface area contributed by atoms with Crippen LogP contribution in [0, 0.1) is 0 Å². The number of rotatable bonds is 5. The minimum Gasteiger partial charge on any atom is -0.481 e. The van der Waals surface area contributed by atoms with Crippen molar-refractivity contribution in [3.63, 3.8) is 0 Å². The molecule has 2 heterocycles. The number of nitrogens with one attached hydrogen (secondary N) is 1. The molecule has 94 valence electrons. The summed E-state index contributed by atoms with van der Waals surface area (Å²) in [5.41, 5.74) is 0. The van der Waals surface area contributed by atoms with Crippen molar-refractivity contribution < 1.29 is 9.90 Å². The number of hydrogen-bond acceptors (Lipinski definition) is 4. The van der Waals surface area contributed by atoms with E-state index in [2.05, 4.69) is 5.32 Å². The average molecular weight is 271 g/mol. The van der Waals surface area contributed by atoms with E-state index in [4.69, 9.17) is 5.11 Å². The van der Waals surface area contributed by atoms with Gasteiger partial charge in [0.15, 0.2) is 0 Å². The molecule has 0 atom stereocenters. The van der Waals surface area contributed by atoms with Crippen LogP contribution in [0.3, 0.4) is 0 Å². The third kappa shape index (κ3) is 4.33. The highest BCUT2D eigenvalue weighted by Gasteiger charge is 2.13. The van der Waals surface area contributed by atoms with Gasteiger partial charge in [0.25, 0.3) is 0 Å². The van der Waals surface area contributed by atoms with Gasteiger partial charge in [-0.3, -0.25) is 4.79 Å². The molecule has 5 heteroatoms. The zero-order valence-corrected chi connectivity index (χ0v) is 11.3. The van der Waals surface area contributed by atoms with Crippen molar-refractivity contribution in [2.45, 2.75) is 31.8 Å². The Labute approximate surface area is 110 Å². The number of carboxylic acid groups (broad SMARTS) is 1. The van der Waals surface area contributed by atoms with Gasteiger partial charge >= 0.3 is 5.97 Å². The summed E-state index contributed by atoms with van der Waals surface area (Å²) in [6, 6.07) is 4.60.